The Balaban J connectivity index is 2.34. The van der Waals surface area contributed by atoms with E-state index in [1.807, 2.05) is 0 Å². The molecule has 1 amide bonds. The smallest absolute Gasteiger partial charge is 0.327 e. The number of nitrogens with zero attached hydrogens (tertiary/aromatic N) is 3. The molecule has 17 heavy (non-hydrogen) atoms. The fourth-order valence-electron chi connectivity index (χ4n) is 1.18. The average molecular weight is 258 g/mol. The van der Waals surface area contributed by atoms with Gasteiger partial charge in [0.2, 0.25) is 5.91 Å². The van der Waals surface area contributed by atoms with E-state index in [4.69, 9.17) is 5.11 Å². The Bertz CT molecular complexity index is 368. The molecule has 2 N–H and O–H groups in total. The van der Waals surface area contributed by atoms with Gasteiger partial charge in [-0.3, -0.25) is 4.79 Å². The molecule has 1 rings (SSSR count). The number of nitrogens with one attached hydrogen (secondary N) is 1. The van der Waals surface area contributed by atoms with Gasteiger partial charge < -0.3 is 15.0 Å². The van der Waals surface area contributed by atoms with Crippen LogP contribution >= 0.6 is 11.8 Å². The molecule has 0 aromatic carbocycles. The summed E-state index contributed by atoms with van der Waals surface area (Å²) in [4.78, 5) is 22.3. The Labute approximate surface area is 103 Å². The van der Waals surface area contributed by atoms with E-state index in [1.165, 1.54) is 24.4 Å². The topological polar surface area (TPSA) is 97.1 Å². The number of hydrogen-bond acceptors (Lipinski definition) is 5. The van der Waals surface area contributed by atoms with Crippen molar-refractivity contribution in [2.45, 2.75) is 19.0 Å². The summed E-state index contributed by atoms with van der Waals surface area (Å²) in [6.45, 7) is 0.435. The van der Waals surface area contributed by atoms with Crippen LogP contribution in [0.4, 0.5) is 0 Å². The number of thioether (sulfide) groups is 1. The van der Waals surface area contributed by atoms with Crippen LogP contribution in [-0.2, 0) is 16.1 Å². The Morgan fingerprint density at radius 1 is 1.47 bits per heavy atom. The van der Waals surface area contributed by atoms with Crippen LogP contribution in [-0.4, -0.2) is 49.8 Å². The maximum atomic E-state index is 11.5. The minimum Gasteiger partial charge on any atom is -0.480 e. The zero-order chi connectivity index (χ0) is 12.7. The maximum Gasteiger partial charge on any atom is 0.327 e. The van der Waals surface area contributed by atoms with E-state index in [9.17, 15) is 9.59 Å². The Hall–Kier alpha value is -1.57. The predicted octanol–water partition coefficient (Wildman–Crippen LogP) is -0.399. The van der Waals surface area contributed by atoms with Gasteiger partial charge in [0.15, 0.2) is 0 Å². The highest BCUT2D eigenvalue weighted by Crippen LogP contribution is 1.98. The lowest BCUT2D eigenvalue weighted by Gasteiger charge is -2.13. The van der Waals surface area contributed by atoms with Crippen molar-refractivity contribution in [3.8, 4) is 0 Å². The van der Waals surface area contributed by atoms with Crippen molar-refractivity contribution in [3.63, 3.8) is 0 Å². The minimum absolute atomic E-state index is 0.205. The molecule has 0 aliphatic rings. The number of carboxylic acids is 1. The first kappa shape index (κ1) is 13.5. The first-order valence-electron chi connectivity index (χ1n) is 4.97. The highest BCUT2D eigenvalue weighted by atomic mass is 32.2. The van der Waals surface area contributed by atoms with Gasteiger partial charge in [-0.15, -0.1) is 10.2 Å². The SMILES string of the molecule is CSC[C@H](NC(=O)CCn1cnnc1)C(=O)O. The molecular weight excluding hydrogens is 244 g/mol. The number of hydrogen-bond donors (Lipinski definition) is 2. The van der Waals surface area contributed by atoms with Gasteiger partial charge in [-0.1, -0.05) is 0 Å². The Kier molecular flexibility index (Phi) is 5.47. The number of carbonyl (C=O) groups excluding carboxylic acids is 1. The van der Waals surface area contributed by atoms with E-state index >= 15 is 0 Å². The lowest BCUT2D eigenvalue weighted by atomic mass is 10.3. The quantitative estimate of drug-likeness (QED) is 0.690. The summed E-state index contributed by atoms with van der Waals surface area (Å²) in [5, 5.41) is 18.5. The number of carbonyl (C=O) groups is 2. The first-order chi connectivity index (χ1) is 8.13. The number of aryl methyl sites for hydroxylation is 1. The van der Waals surface area contributed by atoms with Crippen LogP contribution in [0.5, 0.6) is 0 Å². The lowest BCUT2D eigenvalue weighted by Crippen LogP contribution is -2.42. The third-order valence-corrected chi connectivity index (χ3v) is 2.70. The van der Waals surface area contributed by atoms with Crippen molar-refractivity contribution in [3.05, 3.63) is 12.7 Å². The molecule has 0 aliphatic carbocycles. The average Bonchev–Trinajstić information content (AvgIpc) is 2.78. The third-order valence-electron chi connectivity index (χ3n) is 2.03. The second kappa shape index (κ2) is 6.89. The molecule has 7 nitrogen and oxygen atoms in total. The second-order valence-corrected chi connectivity index (χ2v) is 4.27. The third kappa shape index (κ3) is 4.85. The van der Waals surface area contributed by atoms with Crippen LogP contribution < -0.4 is 5.32 Å². The molecule has 0 spiro atoms. The summed E-state index contributed by atoms with van der Waals surface area (Å²) in [7, 11) is 0. The molecule has 1 heterocycles. The summed E-state index contributed by atoms with van der Waals surface area (Å²) >= 11 is 1.38. The lowest BCUT2D eigenvalue weighted by molar-refractivity contribution is -0.141. The van der Waals surface area contributed by atoms with Crippen molar-refractivity contribution in [1.29, 1.82) is 0 Å². The molecule has 0 fully saturated rings. The number of carboxylic acid groups (broad SMARTS) is 1. The Morgan fingerprint density at radius 3 is 2.65 bits per heavy atom. The van der Waals surface area contributed by atoms with Gasteiger partial charge in [0, 0.05) is 18.7 Å². The molecule has 0 bridgehead atoms. The maximum absolute atomic E-state index is 11.5. The number of aromatic nitrogens is 3. The molecule has 1 aromatic heterocycles. The normalized spacial score (nSPS) is 12.1. The van der Waals surface area contributed by atoms with E-state index in [-0.39, 0.29) is 12.3 Å². The zero-order valence-electron chi connectivity index (χ0n) is 9.37. The first-order valence-corrected chi connectivity index (χ1v) is 6.36. The summed E-state index contributed by atoms with van der Waals surface area (Å²) < 4.78 is 1.66. The van der Waals surface area contributed by atoms with Crippen LogP contribution in [0.3, 0.4) is 0 Å². The van der Waals surface area contributed by atoms with E-state index in [1.54, 1.807) is 10.8 Å². The monoisotopic (exact) mass is 258 g/mol. The van der Waals surface area contributed by atoms with Crippen LogP contribution in [0, 0.1) is 0 Å². The fraction of sp³-hybridized carbons (Fsp3) is 0.556. The molecule has 0 aliphatic heterocycles. The summed E-state index contributed by atoms with van der Waals surface area (Å²) in [6.07, 6.45) is 5.00. The molecular formula is C9H14N4O3S. The molecule has 0 unspecified atom stereocenters. The van der Waals surface area contributed by atoms with E-state index < -0.39 is 12.0 Å². The van der Waals surface area contributed by atoms with Gasteiger partial charge in [0.1, 0.15) is 18.7 Å². The molecule has 0 radical (unpaired) electrons. The van der Waals surface area contributed by atoms with Crippen LogP contribution in [0.1, 0.15) is 6.42 Å². The standard InChI is InChI=1S/C9H14N4O3S/c1-17-4-7(9(15)16)12-8(14)2-3-13-5-10-11-6-13/h5-7H,2-4H2,1H3,(H,12,14)(H,15,16)/t7-/m0/s1. The molecule has 1 aromatic rings. The second-order valence-electron chi connectivity index (χ2n) is 3.36. The fourth-order valence-corrected chi connectivity index (χ4v) is 1.74. The van der Waals surface area contributed by atoms with E-state index in [0.717, 1.165) is 0 Å². The van der Waals surface area contributed by atoms with Gasteiger partial charge >= 0.3 is 5.97 Å². The highest BCUT2D eigenvalue weighted by molar-refractivity contribution is 7.98. The number of amides is 1. The molecule has 94 valence electrons. The molecule has 0 saturated carbocycles. The van der Waals surface area contributed by atoms with E-state index in [0.29, 0.717) is 12.3 Å². The summed E-state index contributed by atoms with van der Waals surface area (Å²) in [6, 6.07) is -0.835. The van der Waals surface area contributed by atoms with Crippen molar-refractivity contribution < 1.29 is 14.7 Å². The van der Waals surface area contributed by atoms with Gasteiger partial charge in [0.05, 0.1) is 0 Å². The molecule has 0 saturated heterocycles. The summed E-state index contributed by atoms with van der Waals surface area (Å²) in [5.41, 5.74) is 0. The van der Waals surface area contributed by atoms with Crippen molar-refractivity contribution in [2.24, 2.45) is 0 Å². The van der Waals surface area contributed by atoms with Crippen molar-refractivity contribution >= 4 is 23.6 Å². The van der Waals surface area contributed by atoms with Gasteiger partial charge in [0.25, 0.3) is 0 Å². The zero-order valence-corrected chi connectivity index (χ0v) is 10.2. The van der Waals surface area contributed by atoms with Gasteiger partial charge in [-0.05, 0) is 6.26 Å². The predicted molar refractivity (Wildman–Crippen MR) is 62.6 cm³/mol. The van der Waals surface area contributed by atoms with Gasteiger partial charge in [-0.25, -0.2) is 4.79 Å². The van der Waals surface area contributed by atoms with Crippen LogP contribution in [0.2, 0.25) is 0 Å². The van der Waals surface area contributed by atoms with Gasteiger partial charge in [-0.2, -0.15) is 11.8 Å². The largest absolute Gasteiger partial charge is 0.480 e. The van der Waals surface area contributed by atoms with E-state index in [2.05, 4.69) is 15.5 Å². The number of rotatable bonds is 7. The number of aliphatic carboxylic acids is 1. The minimum atomic E-state index is -1.02. The van der Waals surface area contributed by atoms with Crippen molar-refractivity contribution in [2.75, 3.05) is 12.0 Å². The van der Waals surface area contributed by atoms with Crippen molar-refractivity contribution in [1.82, 2.24) is 20.1 Å². The molecule has 1 atom stereocenters. The van der Waals surface area contributed by atoms with Crippen LogP contribution in [0.15, 0.2) is 12.7 Å². The van der Waals surface area contributed by atoms with Crippen LogP contribution in [0.25, 0.3) is 0 Å². The Morgan fingerprint density at radius 2 is 2.12 bits per heavy atom. The summed E-state index contributed by atoms with van der Waals surface area (Å²) in [5.74, 6) is -0.953. The molecule has 8 heteroatoms. The highest BCUT2D eigenvalue weighted by Gasteiger charge is 2.18.